The third-order valence-electron chi connectivity index (χ3n) is 4.19. The van der Waals surface area contributed by atoms with Crippen molar-refractivity contribution < 1.29 is 14.4 Å². The molecule has 2 N–H and O–H groups in total. The number of phenolic OH excluding ortho intramolecular Hbond substituents is 2. The summed E-state index contributed by atoms with van der Waals surface area (Å²) in [5.41, 5.74) is 1.53. The lowest BCUT2D eigenvalue weighted by Gasteiger charge is -2.23. The molecule has 0 bridgehead atoms. The molecule has 0 radical (unpaired) electrons. The number of hydrogen-bond acceptors (Lipinski definition) is 3. The van der Waals surface area contributed by atoms with Crippen LogP contribution in [0.15, 0.2) is 43.0 Å². The first kappa shape index (κ1) is 21.5. The minimum Gasteiger partial charge on any atom is -0.505 e. The van der Waals surface area contributed by atoms with E-state index in [1.807, 2.05) is 53.7 Å². The van der Waals surface area contributed by atoms with Gasteiger partial charge in [-0.2, -0.15) is 0 Å². The minimum atomic E-state index is -1.74. The molecular weight excluding hydrogens is 480 g/mol. The zero-order valence-electron chi connectivity index (χ0n) is 15.8. The van der Waals surface area contributed by atoms with Crippen molar-refractivity contribution in [2.45, 2.75) is 62.2 Å². The molecule has 0 aliphatic heterocycles. The molecule has 0 aliphatic rings. The maximum Gasteiger partial charge on any atom is 0.146 e. The van der Waals surface area contributed by atoms with E-state index in [1.165, 1.54) is 0 Å². The van der Waals surface area contributed by atoms with E-state index in [-0.39, 0.29) is 32.1 Å². The Balaban J connectivity index is 2.71. The molecule has 0 amide bonds. The molecule has 2 aromatic carbocycles. The van der Waals surface area contributed by atoms with Crippen LogP contribution in [-0.2, 0) is 21.6 Å². The summed E-state index contributed by atoms with van der Waals surface area (Å²) in [6.45, 7) is 12.3. The fraction of sp³-hybridized carbons (Fsp3) is 0.400. The smallest absolute Gasteiger partial charge is 0.146 e. The zero-order valence-corrected chi connectivity index (χ0v) is 19.8. The molecule has 26 heavy (non-hydrogen) atoms. The van der Waals surface area contributed by atoms with E-state index in [0.717, 1.165) is 11.1 Å². The summed E-state index contributed by atoms with van der Waals surface area (Å²) >= 11 is 6.71. The average Bonchev–Trinajstić information content (AvgIpc) is 2.49. The first-order valence-electron chi connectivity index (χ1n) is 8.21. The maximum absolute atomic E-state index is 13.3. The van der Waals surface area contributed by atoms with E-state index in [4.69, 9.17) is 0 Å². The van der Waals surface area contributed by atoms with Crippen LogP contribution >= 0.6 is 31.9 Å². The van der Waals surface area contributed by atoms with Crippen molar-refractivity contribution in [3.8, 4) is 11.5 Å². The number of aromatic hydroxyl groups is 2. The molecule has 3 nitrogen and oxygen atoms in total. The second kappa shape index (κ2) is 7.28. The van der Waals surface area contributed by atoms with Gasteiger partial charge in [0.2, 0.25) is 0 Å². The monoisotopic (exact) mass is 502 g/mol. The van der Waals surface area contributed by atoms with Gasteiger partial charge >= 0.3 is 0 Å². The lowest BCUT2D eigenvalue weighted by atomic mass is 9.87. The molecule has 6 heteroatoms. The number of rotatable bonds is 2. The summed E-state index contributed by atoms with van der Waals surface area (Å²) < 4.78 is 14.3. The lowest BCUT2D eigenvalue weighted by Crippen LogP contribution is -2.13. The van der Waals surface area contributed by atoms with Crippen molar-refractivity contribution in [3.05, 3.63) is 44.3 Å². The van der Waals surface area contributed by atoms with Crippen molar-refractivity contribution in [2.24, 2.45) is 0 Å². The molecule has 0 atom stereocenters. The van der Waals surface area contributed by atoms with Gasteiger partial charge in [0.05, 0.1) is 29.5 Å². The van der Waals surface area contributed by atoms with Crippen molar-refractivity contribution in [1.82, 2.24) is 0 Å². The predicted octanol–water partition coefficient (Wildman–Crippen LogP) is 6.38. The first-order valence-corrected chi connectivity index (χ1v) is 10.9. The van der Waals surface area contributed by atoms with Gasteiger partial charge in [-0.3, -0.25) is 0 Å². The predicted molar refractivity (Wildman–Crippen MR) is 114 cm³/mol. The number of phenols is 2. The summed E-state index contributed by atoms with van der Waals surface area (Å²) in [7, 11) is -1.74. The molecule has 0 unspecified atom stereocenters. The second-order valence-corrected chi connectivity index (χ2v) is 11.5. The Morgan fingerprint density at radius 3 is 1.31 bits per heavy atom. The van der Waals surface area contributed by atoms with E-state index in [9.17, 15) is 14.4 Å². The summed E-state index contributed by atoms with van der Waals surface area (Å²) in [4.78, 5) is 0.551. The first-order chi connectivity index (χ1) is 11.7. The van der Waals surface area contributed by atoms with E-state index < -0.39 is 10.8 Å². The highest BCUT2D eigenvalue weighted by Crippen LogP contribution is 2.42. The van der Waals surface area contributed by atoms with Gasteiger partial charge in [-0.05, 0) is 78.1 Å². The van der Waals surface area contributed by atoms with Gasteiger partial charge in [-0.1, -0.05) is 41.5 Å². The average molecular weight is 504 g/mol. The third kappa shape index (κ3) is 4.34. The highest BCUT2D eigenvalue weighted by molar-refractivity contribution is 9.10. The van der Waals surface area contributed by atoms with E-state index >= 15 is 0 Å². The van der Waals surface area contributed by atoms with Gasteiger partial charge in [0, 0.05) is 0 Å². The van der Waals surface area contributed by atoms with E-state index in [0.29, 0.717) is 8.95 Å². The summed E-state index contributed by atoms with van der Waals surface area (Å²) in [6.07, 6.45) is 0. The fourth-order valence-corrected chi connectivity index (χ4v) is 4.87. The minimum absolute atomic E-state index is 0.0759. The topological polar surface area (TPSA) is 57.5 Å². The number of hydrogen-bond donors (Lipinski definition) is 2. The normalized spacial score (nSPS) is 12.7. The van der Waals surface area contributed by atoms with Gasteiger partial charge in [0.1, 0.15) is 11.5 Å². The zero-order chi connectivity index (χ0) is 20.0. The SMILES string of the molecule is CC(C)(C)c1cc(Br)c(O)c(S(=O)c2cc(C(C)(C)C)cc(Br)c2O)c1. The Bertz CT molecular complexity index is 807. The van der Waals surface area contributed by atoms with Crippen LogP contribution < -0.4 is 0 Å². The number of benzene rings is 2. The van der Waals surface area contributed by atoms with Gasteiger partial charge < -0.3 is 10.2 Å². The molecule has 0 aliphatic carbocycles. The molecule has 0 saturated carbocycles. The molecule has 0 heterocycles. The molecule has 0 aromatic heterocycles. The third-order valence-corrected chi connectivity index (χ3v) is 6.82. The molecule has 0 saturated heterocycles. The van der Waals surface area contributed by atoms with Crippen molar-refractivity contribution in [3.63, 3.8) is 0 Å². The van der Waals surface area contributed by atoms with Crippen molar-refractivity contribution in [2.75, 3.05) is 0 Å². The fourth-order valence-electron chi connectivity index (χ4n) is 2.41. The van der Waals surface area contributed by atoms with E-state index in [1.54, 1.807) is 12.1 Å². The van der Waals surface area contributed by atoms with Crippen LogP contribution in [0.1, 0.15) is 52.7 Å². The quantitative estimate of drug-likeness (QED) is 0.499. The highest BCUT2D eigenvalue weighted by Gasteiger charge is 2.25. The molecule has 0 fully saturated rings. The van der Waals surface area contributed by atoms with Crippen LogP contribution in [-0.4, -0.2) is 14.4 Å². The van der Waals surface area contributed by atoms with Crippen LogP contribution in [0.2, 0.25) is 0 Å². The Hall–Kier alpha value is -0.850. The Morgan fingerprint density at radius 2 is 1.04 bits per heavy atom. The van der Waals surface area contributed by atoms with E-state index in [2.05, 4.69) is 31.9 Å². The van der Waals surface area contributed by atoms with Gasteiger partial charge in [0.15, 0.2) is 0 Å². The second-order valence-electron chi connectivity index (χ2n) is 8.38. The summed E-state index contributed by atoms with van der Waals surface area (Å²) in [5.74, 6) is -0.152. The highest BCUT2D eigenvalue weighted by atomic mass is 79.9. The van der Waals surface area contributed by atoms with Gasteiger partial charge in [0.25, 0.3) is 0 Å². The number of halogens is 2. The standard InChI is InChI=1S/C20H24Br2O3S/c1-19(2,3)11-7-13(21)17(23)15(9-11)26(25)16-10-12(20(4,5)6)8-14(22)18(16)24/h7-10,23-24H,1-6H3. The Labute approximate surface area is 174 Å². The Kier molecular flexibility index (Phi) is 6.01. The van der Waals surface area contributed by atoms with Gasteiger partial charge in [-0.15, -0.1) is 0 Å². The summed E-state index contributed by atoms with van der Waals surface area (Å²) in [6, 6.07) is 7.15. The largest absolute Gasteiger partial charge is 0.505 e. The lowest BCUT2D eigenvalue weighted by molar-refractivity contribution is 0.451. The molecular formula is C20H24Br2O3S. The van der Waals surface area contributed by atoms with Crippen LogP contribution in [0.3, 0.4) is 0 Å². The maximum atomic E-state index is 13.3. The van der Waals surface area contributed by atoms with Crippen LogP contribution in [0.5, 0.6) is 11.5 Å². The van der Waals surface area contributed by atoms with Crippen LogP contribution in [0, 0.1) is 0 Å². The van der Waals surface area contributed by atoms with Crippen molar-refractivity contribution >= 4 is 42.7 Å². The van der Waals surface area contributed by atoms with Crippen LogP contribution in [0.4, 0.5) is 0 Å². The van der Waals surface area contributed by atoms with Crippen LogP contribution in [0.25, 0.3) is 0 Å². The Morgan fingerprint density at radius 1 is 0.731 bits per heavy atom. The van der Waals surface area contributed by atoms with Gasteiger partial charge in [-0.25, -0.2) is 4.21 Å². The molecule has 142 valence electrons. The van der Waals surface area contributed by atoms with Crippen molar-refractivity contribution in [1.29, 1.82) is 0 Å². The molecule has 2 aromatic rings. The molecule has 0 spiro atoms. The summed E-state index contributed by atoms with van der Waals surface area (Å²) in [5, 5.41) is 21.0. The molecule has 2 rings (SSSR count).